The number of thioether (sulfide) groups is 1. The highest BCUT2D eigenvalue weighted by atomic mass is 32.2. The molecule has 0 saturated carbocycles. The fraction of sp³-hybridized carbons (Fsp3) is 0.235. The van der Waals surface area contributed by atoms with Crippen molar-refractivity contribution in [2.24, 2.45) is 0 Å². The van der Waals surface area contributed by atoms with Gasteiger partial charge in [-0.05, 0) is 35.9 Å². The Balaban J connectivity index is 2.27. The van der Waals surface area contributed by atoms with Crippen molar-refractivity contribution in [3.05, 3.63) is 53.6 Å². The molecule has 2 aromatic rings. The largest absolute Gasteiger partial charge is 0.501 e. The van der Waals surface area contributed by atoms with Crippen molar-refractivity contribution in [3.63, 3.8) is 0 Å². The lowest BCUT2D eigenvalue weighted by Crippen LogP contribution is -2.23. The number of carbonyl (C=O) groups is 1. The van der Waals surface area contributed by atoms with E-state index in [9.17, 15) is 39.9 Å². The van der Waals surface area contributed by atoms with E-state index in [2.05, 4.69) is 0 Å². The zero-order valence-corrected chi connectivity index (χ0v) is 18.0. The first-order valence-electron chi connectivity index (χ1n) is 8.01. The van der Waals surface area contributed by atoms with Crippen LogP contribution in [-0.4, -0.2) is 51.8 Å². The molecule has 2 rings (SSSR count). The van der Waals surface area contributed by atoms with E-state index in [1.807, 2.05) is 0 Å². The second-order valence-electron chi connectivity index (χ2n) is 6.13. The predicted octanol–water partition coefficient (Wildman–Crippen LogP) is 3.22. The van der Waals surface area contributed by atoms with Crippen LogP contribution in [0.25, 0.3) is 0 Å². The standard InChI is InChI=1S/C17H16F3NO6S3/c1-21(2)30(26,27)13-7-8-15(14(9-13)16(22)23)28-10-11-3-5-12(6-4-11)29(24,25)17(18,19)20/h3-9H,10H2,1-2H3,(H,22,23). The van der Waals surface area contributed by atoms with Crippen molar-refractivity contribution in [1.82, 2.24) is 4.31 Å². The van der Waals surface area contributed by atoms with Crippen LogP contribution < -0.4 is 0 Å². The zero-order chi connectivity index (χ0) is 22.9. The molecule has 1 N–H and O–H groups in total. The van der Waals surface area contributed by atoms with Gasteiger partial charge < -0.3 is 5.11 Å². The number of nitrogens with zero attached hydrogens (tertiary/aromatic N) is 1. The van der Waals surface area contributed by atoms with Crippen molar-refractivity contribution < 1.29 is 39.9 Å². The molecule has 0 aliphatic rings. The molecule has 13 heteroatoms. The smallest absolute Gasteiger partial charge is 0.478 e. The van der Waals surface area contributed by atoms with Crippen molar-refractivity contribution >= 4 is 37.6 Å². The lowest BCUT2D eigenvalue weighted by atomic mass is 10.2. The summed E-state index contributed by atoms with van der Waals surface area (Å²) < 4.78 is 85.8. The van der Waals surface area contributed by atoms with Gasteiger partial charge in [-0.2, -0.15) is 13.2 Å². The van der Waals surface area contributed by atoms with Gasteiger partial charge in [-0.25, -0.2) is 25.9 Å². The third-order valence-corrected chi connectivity index (χ3v) is 8.35. The zero-order valence-electron chi connectivity index (χ0n) is 15.5. The molecule has 0 heterocycles. The normalized spacial score (nSPS) is 12.9. The average molecular weight is 484 g/mol. The minimum Gasteiger partial charge on any atom is -0.478 e. The Morgan fingerprint density at radius 3 is 2.00 bits per heavy atom. The molecular formula is C17H16F3NO6S3. The molecule has 0 bridgehead atoms. The summed E-state index contributed by atoms with van der Waals surface area (Å²) in [6.45, 7) is 0. The Morgan fingerprint density at radius 2 is 1.53 bits per heavy atom. The van der Waals surface area contributed by atoms with Crippen LogP contribution in [0.1, 0.15) is 15.9 Å². The van der Waals surface area contributed by atoms with Gasteiger partial charge in [0.05, 0.1) is 15.4 Å². The number of hydrogen-bond donors (Lipinski definition) is 1. The lowest BCUT2D eigenvalue weighted by Gasteiger charge is -2.13. The fourth-order valence-corrected chi connectivity index (χ4v) is 4.90. The topological polar surface area (TPSA) is 109 Å². The van der Waals surface area contributed by atoms with E-state index in [-0.39, 0.29) is 21.1 Å². The highest BCUT2D eigenvalue weighted by molar-refractivity contribution is 7.98. The summed E-state index contributed by atoms with van der Waals surface area (Å²) >= 11 is 1.01. The fourth-order valence-electron chi connectivity index (χ4n) is 2.23. The van der Waals surface area contributed by atoms with Crippen molar-refractivity contribution in [3.8, 4) is 0 Å². The van der Waals surface area contributed by atoms with Gasteiger partial charge in [0.2, 0.25) is 10.0 Å². The third-order valence-electron chi connectivity index (χ3n) is 3.89. The molecule has 2 aromatic carbocycles. The molecule has 0 aromatic heterocycles. The summed E-state index contributed by atoms with van der Waals surface area (Å²) in [4.78, 5) is 10.7. The Labute approximate surface area is 175 Å². The number of halogens is 3. The van der Waals surface area contributed by atoms with Crippen LogP contribution in [0.15, 0.2) is 57.2 Å². The van der Waals surface area contributed by atoms with E-state index in [1.165, 1.54) is 38.4 Å². The Bertz CT molecular complexity index is 1160. The molecule has 0 saturated heterocycles. The molecule has 0 radical (unpaired) electrons. The monoisotopic (exact) mass is 483 g/mol. The number of sulfone groups is 1. The maximum absolute atomic E-state index is 12.6. The maximum Gasteiger partial charge on any atom is 0.501 e. The van der Waals surface area contributed by atoms with Crippen LogP contribution in [0.4, 0.5) is 13.2 Å². The van der Waals surface area contributed by atoms with Gasteiger partial charge in [0.15, 0.2) is 0 Å². The van der Waals surface area contributed by atoms with E-state index in [0.29, 0.717) is 5.56 Å². The number of sulfonamides is 1. The quantitative estimate of drug-likeness (QED) is 0.603. The molecule has 0 unspecified atom stereocenters. The second-order valence-corrected chi connectivity index (χ2v) is 11.2. The van der Waals surface area contributed by atoms with Gasteiger partial charge in [-0.3, -0.25) is 0 Å². The molecule has 30 heavy (non-hydrogen) atoms. The van der Waals surface area contributed by atoms with Gasteiger partial charge in [0.25, 0.3) is 9.84 Å². The second kappa shape index (κ2) is 8.57. The lowest BCUT2D eigenvalue weighted by molar-refractivity contribution is -0.0436. The first-order valence-corrected chi connectivity index (χ1v) is 11.9. The molecule has 0 amide bonds. The van der Waals surface area contributed by atoms with Crippen LogP contribution in [-0.2, 0) is 25.6 Å². The van der Waals surface area contributed by atoms with Crippen molar-refractivity contribution in [2.75, 3.05) is 14.1 Å². The van der Waals surface area contributed by atoms with Crippen molar-refractivity contribution in [1.29, 1.82) is 0 Å². The van der Waals surface area contributed by atoms with Gasteiger partial charge in [-0.1, -0.05) is 12.1 Å². The van der Waals surface area contributed by atoms with Crippen LogP contribution >= 0.6 is 11.8 Å². The Morgan fingerprint density at radius 1 is 1.00 bits per heavy atom. The van der Waals surface area contributed by atoms with Gasteiger partial charge in [0, 0.05) is 24.7 Å². The van der Waals surface area contributed by atoms with E-state index < -0.39 is 36.2 Å². The van der Waals surface area contributed by atoms with E-state index >= 15 is 0 Å². The summed E-state index contributed by atoms with van der Waals surface area (Å²) in [6.07, 6.45) is 0. The van der Waals surface area contributed by atoms with Gasteiger partial charge >= 0.3 is 11.5 Å². The van der Waals surface area contributed by atoms with Gasteiger partial charge in [0.1, 0.15) is 0 Å². The SMILES string of the molecule is CN(C)S(=O)(=O)c1ccc(SCc2ccc(S(=O)(=O)C(F)(F)F)cc2)c(C(=O)O)c1. The minimum atomic E-state index is -5.45. The van der Waals surface area contributed by atoms with Crippen LogP contribution in [0.3, 0.4) is 0 Å². The molecular weight excluding hydrogens is 467 g/mol. The summed E-state index contributed by atoms with van der Waals surface area (Å²) in [6, 6.07) is 7.64. The molecule has 0 fully saturated rings. The van der Waals surface area contributed by atoms with Crippen LogP contribution in [0.2, 0.25) is 0 Å². The number of rotatable bonds is 7. The highest BCUT2D eigenvalue weighted by Crippen LogP contribution is 2.32. The van der Waals surface area contributed by atoms with Gasteiger partial charge in [-0.15, -0.1) is 11.8 Å². The van der Waals surface area contributed by atoms with Crippen LogP contribution in [0, 0.1) is 0 Å². The van der Waals surface area contributed by atoms with E-state index in [0.717, 1.165) is 34.3 Å². The molecule has 7 nitrogen and oxygen atoms in total. The summed E-state index contributed by atoms with van der Waals surface area (Å²) in [5, 5.41) is 9.40. The minimum absolute atomic E-state index is 0.117. The number of carboxylic acids is 1. The number of carboxylic acid groups (broad SMARTS) is 1. The molecule has 164 valence electrons. The third kappa shape index (κ3) is 4.96. The molecule has 0 aliphatic carbocycles. The number of hydrogen-bond acceptors (Lipinski definition) is 6. The summed E-state index contributed by atoms with van der Waals surface area (Å²) in [5.74, 6) is -1.23. The molecule has 0 atom stereocenters. The molecule has 0 spiro atoms. The Kier molecular flexibility index (Phi) is 6.91. The maximum atomic E-state index is 12.6. The average Bonchev–Trinajstić information content (AvgIpc) is 2.65. The van der Waals surface area contributed by atoms with E-state index in [1.54, 1.807) is 0 Å². The summed E-state index contributed by atoms with van der Waals surface area (Å²) in [5.41, 5.74) is -5.21. The molecule has 0 aliphatic heterocycles. The predicted molar refractivity (Wildman–Crippen MR) is 104 cm³/mol. The first kappa shape index (κ1) is 24.2. The Hall–Kier alpha value is -2.09. The number of alkyl halides is 3. The van der Waals surface area contributed by atoms with E-state index in [4.69, 9.17) is 0 Å². The summed E-state index contributed by atoms with van der Waals surface area (Å²) in [7, 11) is -6.67. The number of benzene rings is 2. The first-order chi connectivity index (χ1) is 13.7. The van der Waals surface area contributed by atoms with Crippen molar-refractivity contribution in [2.45, 2.75) is 25.9 Å². The van der Waals surface area contributed by atoms with Crippen LogP contribution in [0.5, 0.6) is 0 Å². The highest BCUT2D eigenvalue weighted by Gasteiger charge is 2.46. The number of aromatic carboxylic acids is 1.